The van der Waals surface area contributed by atoms with E-state index < -0.39 is 0 Å². The Labute approximate surface area is 101 Å². The first-order chi connectivity index (χ1) is 7.86. The lowest BCUT2D eigenvalue weighted by Crippen LogP contribution is -2.13. The summed E-state index contributed by atoms with van der Waals surface area (Å²) in [5, 5.41) is 13.1. The van der Waals surface area contributed by atoms with E-state index in [-0.39, 0.29) is 0 Å². The normalized spacial score (nSPS) is 10.6. The first kappa shape index (κ1) is 13.4. The molecule has 0 bridgehead atoms. The number of nitrogens with zero attached hydrogens (tertiary/aromatic N) is 2. The highest BCUT2D eigenvalue weighted by atomic mass is 32.1. The van der Waals surface area contributed by atoms with Gasteiger partial charge in [0.1, 0.15) is 5.01 Å². The van der Waals surface area contributed by atoms with Crippen LogP contribution in [0.5, 0.6) is 5.19 Å². The smallest absolute Gasteiger partial charge is 0.294 e. The average Bonchev–Trinajstić information content (AvgIpc) is 2.73. The summed E-state index contributed by atoms with van der Waals surface area (Å²) in [6, 6.07) is 0. The molecule has 0 atom stereocenters. The minimum Gasteiger partial charge on any atom is -0.469 e. The van der Waals surface area contributed by atoms with Crippen LogP contribution in [0.4, 0.5) is 0 Å². The van der Waals surface area contributed by atoms with Gasteiger partial charge in [0.25, 0.3) is 5.19 Å². The molecule has 0 saturated carbocycles. The van der Waals surface area contributed by atoms with Crippen molar-refractivity contribution in [3.8, 4) is 5.19 Å². The highest BCUT2D eigenvalue weighted by Gasteiger charge is 2.03. The quantitative estimate of drug-likeness (QED) is 0.677. The van der Waals surface area contributed by atoms with Crippen molar-refractivity contribution in [1.29, 1.82) is 0 Å². The van der Waals surface area contributed by atoms with Gasteiger partial charge in [0.2, 0.25) is 0 Å². The maximum atomic E-state index is 5.51. The molecule has 1 heterocycles. The van der Waals surface area contributed by atoms with E-state index >= 15 is 0 Å². The average molecular weight is 243 g/mol. The van der Waals surface area contributed by atoms with Gasteiger partial charge in [-0.05, 0) is 19.4 Å². The fourth-order valence-electron chi connectivity index (χ4n) is 1.25. The number of hydrogen-bond donors (Lipinski definition) is 1. The van der Waals surface area contributed by atoms with Crippen LogP contribution in [0.3, 0.4) is 0 Å². The van der Waals surface area contributed by atoms with Crippen LogP contribution < -0.4 is 10.1 Å². The fourth-order valence-corrected chi connectivity index (χ4v) is 1.93. The second-order valence-electron chi connectivity index (χ2n) is 3.69. The SMILES string of the molecule is CCCCCOc1nnc(CNCCC)s1. The second-order valence-corrected chi connectivity index (χ2v) is 4.72. The lowest BCUT2D eigenvalue weighted by Gasteiger charge is -1.99. The molecule has 0 amide bonds. The Bertz CT molecular complexity index is 278. The molecule has 4 nitrogen and oxygen atoms in total. The third-order valence-electron chi connectivity index (χ3n) is 2.12. The lowest BCUT2D eigenvalue weighted by atomic mass is 10.3. The summed E-state index contributed by atoms with van der Waals surface area (Å²) in [4.78, 5) is 0. The number of nitrogens with one attached hydrogen (secondary N) is 1. The Kier molecular flexibility index (Phi) is 7.09. The third-order valence-corrected chi connectivity index (χ3v) is 2.96. The van der Waals surface area contributed by atoms with Crippen LogP contribution in [-0.2, 0) is 6.54 Å². The molecule has 1 N–H and O–H groups in total. The van der Waals surface area contributed by atoms with Crippen LogP contribution >= 0.6 is 11.3 Å². The van der Waals surface area contributed by atoms with E-state index in [9.17, 15) is 0 Å². The van der Waals surface area contributed by atoms with Crippen molar-refractivity contribution in [3.63, 3.8) is 0 Å². The monoisotopic (exact) mass is 243 g/mol. The Morgan fingerprint density at radius 1 is 1.19 bits per heavy atom. The first-order valence-corrected chi connectivity index (χ1v) is 6.84. The Balaban J connectivity index is 2.17. The summed E-state index contributed by atoms with van der Waals surface area (Å²) in [6.45, 7) is 6.90. The van der Waals surface area contributed by atoms with E-state index in [1.54, 1.807) is 0 Å². The summed E-state index contributed by atoms with van der Waals surface area (Å²) in [5.41, 5.74) is 0. The maximum Gasteiger partial charge on any atom is 0.294 e. The van der Waals surface area contributed by atoms with Crippen molar-refractivity contribution in [2.45, 2.75) is 46.1 Å². The zero-order valence-electron chi connectivity index (χ0n) is 10.2. The molecule has 0 unspecified atom stereocenters. The van der Waals surface area contributed by atoms with Crippen LogP contribution in [0.1, 0.15) is 44.5 Å². The van der Waals surface area contributed by atoms with Gasteiger partial charge < -0.3 is 10.1 Å². The van der Waals surface area contributed by atoms with Crippen LogP contribution in [0.25, 0.3) is 0 Å². The van der Waals surface area contributed by atoms with E-state index in [2.05, 4.69) is 29.4 Å². The van der Waals surface area contributed by atoms with Crippen molar-refractivity contribution >= 4 is 11.3 Å². The molecule has 0 aliphatic heterocycles. The van der Waals surface area contributed by atoms with E-state index in [0.29, 0.717) is 5.19 Å². The summed E-state index contributed by atoms with van der Waals surface area (Å²) in [5.74, 6) is 0. The molecule has 5 heteroatoms. The van der Waals surface area contributed by atoms with E-state index in [4.69, 9.17) is 4.74 Å². The molecule has 0 radical (unpaired) electrons. The predicted molar refractivity (Wildman–Crippen MR) is 66.9 cm³/mol. The number of ether oxygens (including phenoxy) is 1. The summed E-state index contributed by atoms with van der Waals surface area (Å²) in [7, 11) is 0. The van der Waals surface area contributed by atoms with E-state index in [1.165, 1.54) is 24.2 Å². The number of rotatable bonds is 9. The zero-order valence-corrected chi connectivity index (χ0v) is 11.0. The maximum absolute atomic E-state index is 5.51. The van der Waals surface area contributed by atoms with Crippen LogP contribution in [-0.4, -0.2) is 23.3 Å². The largest absolute Gasteiger partial charge is 0.469 e. The number of aromatic nitrogens is 2. The molecule has 1 rings (SSSR count). The van der Waals surface area contributed by atoms with Crippen molar-refractivity contribution in [2.75, 3.05) is 13.2 Å². The molecular weight excluding hydrogens is 222 g/mol. The molecule has 1 aromatic rings. The minimum absolute atomic E-state index is 0.699. The molecule has 0 spiro atoms. The third kappa shape index (κ3) is 5.42. The van der Waals surface area contributed by atoms with Gasteiger partial charge in [-0.1, -0.05) is 38.0 Å². The summed E-state index contributed by atoms with van der Waals surface area (Å²) in [6.07, 6.45) is 4.66. The van der Waals surface area contributed by atoms with Crippen molar-refractivity contribution in [3.05, 3.63) is 5.01 Å². The van der Waals surface area contributed by atoms with Gasteiger partial charge >= 0.3 is 0 Å². The topological polar surface area (TPSA) is 47.0 Å². The van der Waals surface area contributed by atoms with Crippen molar-refractivity contribution in [1.82, 2.24) is 15.5 Å². The first-order valence-electron chi connectivity index (χ1n) is 6.02. The van der Waals surface area contributed by atoms with E-state index in [0.717, 1.165) is 37.5 Å². The number of hydrogen-bond acceptors (Lipinski definition) is 5. The molecule has 1 aromatic heterocycles. The Hall–Kier alpha value is -0.680. The van der Waals surface area contributed by atoms with E-state index in [1.807, 2.05) is 0 Å². The molecule has 0 fully saturated rings. The Morgan fingerprint density at radius 3 is 2.81 bits per heavy atom. The highest BCUT2D eigenvalue weighted by Crippen LogP contribution is 2.17. The summed E-state index contributed by atoms with van der Waals surface area (Å²) < 4.78 is 5.51. The molecule has 16 heavy (non-hydrogen) atoms. The van der Waals surface area contributed by atoms with Crippen LogP contribution in [0.2, 0.25) is 0 Å². The lowest BCUT2D eigenvalue weighted by molar-refractivity contribution is 0.302. The highest BCUT2D eigenvalue weighted by molar-refractivity contribution is 7.13. The number of unbranched alkanes of at least 4 members (excludes halogenated alkanes) is 2. The molecule has 92 valence electrons. The van der Waals surface area contributed by atoms with Gasteiger partial charge in [-0.2, -0.15) is 0 Å². The van der Waals surface area contributed by atoms with Crippen molar-refractivity contribution in [2.24, 2.45) is 0 Å². The van der Waals surface area contributed by atoms with Gasteiger partial charge in [0.15, 0.2) is 0 Å². The Morgan fingerprint density at radius 2 is 2.06 bits per heavy atom. The predicted octanol–water partition coefficient (Wildman–Crippen LogP) is 2.61. The van der Waals surface area contributed by atoms with Gasteiger partial charge in [-0.25, -0.2) is 0 Å². The van der Waals surface area contributed by atoms with Gasteiger partial charge in [-0.3, -0.25) is 0 Å². The van der Waals surface area contributed by atoms with Gasteiger partial charge in [0.05, 0.1) is 6.61 Å². The van der Waals surface area contributed by atoms with Crippen LogP contribution in [0, 0.1) is 0 Å². The fraction of sp³-hybridized carbons (Fsp3) is 0.818. The zero-order chi connectivity index (χ0) is 11.6. The molecule has 0 aliphatic rings. The minimum atomic E-state index is 0.699. The summed E-state index contributed by atoms with van der Waals surface area (Å²) >= 11 is 1.53. The molecule has 0 saturated heterocycles. The molecular formula is C11H21N3OS. The van der Waals surface area contributed by atoms with Gasteiger partial charge in [0, 0.05) is 6.54 Å². The van der Waals surface area contributed by atoms with Gasteiger partial charge in [-0.15, -0.1) is 10.2 Å². The van der Waals surface area contributed by atoms with Crippen molar-refractivity contribution < 1.29 is 4.74 Å². The molecule has 0 aromatic carbocycles. The molecule has 0 aliphatic carbocycles. The standard InChI is InChI=1S/C11H21N3OS/c1-3-5-6-8-15-11-14-13-10(16-11)9-12-7-4-2/h12H,3-9H2,1-2H3. The van der Waals surface area contributed by atoms with Crippen LogP contribution in [0.15, 0.2) is 0 Å². The second kappa shape index (κ2) is 8.47.